The fourth-order valence-corrected chi connectivity index (χ4v) is 3.47. The first-order valence-corrected chi connectivity index (χ1v) is 8.07. The third-order valence-corrected chi connectivity index (χ3v) is 4.74. The molecule has 3 heteroatoms. The molecule has 112 valence electrons. The highest BCUT2D eigenvalue weighted by Crippen LogP contribution is 2.29. The standard InChI is InChI=1S/C18H25N3/c1-14-5-4-11-21(12-9-14)17(13-19)16-8-2-6-15-7-3-10-20-18(15)16/h2-3,6-8,10,14,17H,4-5,9,11-13,19H2,1H3. The van der Waals surface area contributed by atoms with E-state index in [-0.39, 0.29) is 6.04 Å². The lowest BCUT2D eigenvalue weighted by molar-refractivity contribution is 0.208. The summed E-state index contributed by atoms with van der Waals surface area (Å²) in [6.07, 6.45) is 5.76. The third-order valence-electron chi connectivity index (χ3n) is 4.74. The Labute approximate surface area is 127 Å². The van der Waals surface area contributed by atoms with E-state index in [1.165, 1.54) is 30.2 Å². The van der Waals surface area contributed by atoms with Crippen molar-refractivity contribution >= 4 is 10.9 Å². The molecule has 3 nitrogen and oxygen atoms in total. The lowest BCUT2D eigenvalue weighted by Gasteiger charge is -2.30. The van der Waals surface area contributed by atoms with Crippen LogP contribution in [-0.2, 0) is 0 Å². The summed E-state index contributed by atoms with van der Waals surface area (Å²) < 4.78 is 0. The van der Waals surface area contributed by atoms with Gasteiger partial charge in [-0.3, -0.25) is 9.88 Å². The van der Waals surface area contributed by atoms with Crippen LogP contribution in [0.15, 0.2) is 36.5 Å². The number of hydrogen-bond acceptors (Lipinski definition) is 3. The van der Waals surface area contributed by atoms with Gasteiger partial charge < -0.3 is 5.73 Å². The molecule has 1 aliphatic heterocycles. The molecule has 0 radical (unpaired) electrons. The molecule has 2 unspecified atom stereocenters. The number of para-hydroxylation sites is 1. The van der Waals surface area contributed by atoms with E-state index in [0.717, 1.165) is 24.5 Å². The minimum absolute atomic E-state index is 0.286. The van der Waals surface area contributed by atoms with Crippen LogP contribution in [0.3, 0.4) is 0 Å². The summed E-state index contributed by atoms with van der Waals surface area (Å²) in [7, 11) is 0. The summed E-state index contributed by atoms with van der Waals surface area (Å²) in [5.41, 5.74) is 8.53. The van der Waals surface area contributed by atoms with E-state index in [0.29, 0.717) is 6.54 Å². The molecule has 1 saturated heterocycles. The Morgan fingerprint density at radius 3 is 2.95 bits per heavy atom. The average Bonchev–Trinajstić information content (AvgIpc) is 2.73. The van der Waals surface area contributed by atoms with E-state index in [1.54, 1.807) is 0 Å². The molecule has 2 N–H and O–H groups in total. The summed E-state index contributed by atoms with van der Waals surface area (Å²) >= 11 is 0. The summed E-state index contributed by atoms with van der Waals surface area (Å²) in [6.45, 7) is 5.31. The van der Waals surface area contributed by atoms with Gasteiger partial charge in [-0.1, -0.05) is 31.2 Å². The number of benzene rings is 1. The van der Waals surface area contributed by atoms with E-state index in [1.807, 2.05) is 12.3 Å². The summed E-state index contributed by atoms with van der Waals surface area (Å²) in [5.74, 6) is 0.832. The monoisotopic (exact) mass is 283 g/mol. The van der Waals surface area contributed by atoms with Gasteiger partial charge in [-0.05, 0) is 49.9 Å². The largest absolute Gasteiger partial charge is 0.329 e. The molecule has 1 fully saturated rings. The SMILES string of the molecule is CC1CCCN(C(CN)c2cccc3cccnc23)CC1. The number of fused-ring (bicyclic) bond motifs is 1. The second-order valence-electron chi connectivity index (χ2n) is 6.25. The van der Waals surface area contributed by atoms with Crippen molar-refractivity contribution in [2.75, 3.05) is 19.6 Å². The number of hydrogen-bond donors (Lipinski definition) is 1. The van der Waals surface area contributed by atoms with Gasteiger partial charge in [0.2, 0.25) is 0 Å². The fraction of sp³-hybridized carbons (Fsp3) is 0.500. The molecule has 2 aromatic rings. The van der Waals surface area contributed by atoms with Crippen LogP contribution in [-0.4, -0.2) is 29.5 Å². The minimum atomic E-state index is 0.286. The van der Waals surface area contributed by atoms with Crippen molar-refractivity contribution in [3.05, 3.63) is 42.1 Å². The predicted octanol–water partition coefficient (Wildman–Crippen LogP) is 3.36. The number of nitrogens with two attached hydrogens (primary N) is 1. The molecule has 0 bridgehead atoms. The van der Waals surface area contributed by atoms with Gasteiger partial charge in [0.1, 0.15) is 0 Å². The Morgan fingerprint density at radius 1 is 1.24 bits per heavy atom. The van der Waals surface area contributed by atoms with Crippen LogP contribution in [0, 0.1) is 5.92 Å². The van der Waals surface area contributed by atoms with Crippen molar-refractivity contribution in [2.24, 2.45) is 11.7 Å². The van der Waals surface area contributed by atoms with Crippen LogP contribution < -0.4 is 5.73 Å². The molecule has 21 heavy (non-hydrogen) atoms. The molecule has 0 spiro atoms. The maximum atomic E-state index is 6.14. The lowest BCUT2D eigenvalue weighted by Crippen LogP contribution is -2.34. The summed E-state index contributed by atoms with van der Waals surface area (Å²) in [5, 5.41) is 1.21. The zero-order valence-corrected chi connectivity index (χ0v) is 12.8. The summed E-state index contributed by atoms with van der Waals surface area (Å²) in [4.78, 5) is 7.16. The Bertz CT molecular complexity index is 591. The topological polar surface area (TPSA) is 42.1 Å². The first-order valence-electron chi connectivity index (χ1n) is 8.07. The zero-order valence-electron chi connectivity index (χ0n) is 12.8. The number of rotatable bonds is 3. The van der Waals surface area contributed by atoms with E-state index < -0.39 is 0 Å². The first kappa shape index (κ1) is 14.5. The average molecular weight is 283 g/mol. The smallest absolute Gasteiger partial charge is 0.0750 e. The van der Waals surface area contributed by atoms with Gasteiger partial charge >= 0.3 is 0 Å². The van der Waals surface area contributed by atoms with Crippen LogP contribution in [0.1, 0.15) is 37.8 Å². The second kappa shape index (κ2) is 6.54. The highest BCUT2D eigenvalue weighted by atomic mass is 15.2. The summed E-state index contributed by atoms with van der Waals surface area (Å²) in [6, 6.07) is 10.9. The molecule has 1 aliphatic rings. The van der Waals surface area contributed by atoms with Crippen molar-refractivity contribution < 1.29 is 0 Å². The van der Waals surface area contributed by atoms with Crippen LogP contribution in [0.2, 0.25) is 0 Å². The van der Waals surface area contributed by atoms with Crippen molar-refractivity contribution in [3.8, 4) is 0 Å². The predicted molar refractivity (Wildman–Crippen MR) is 88.1 cm³/mol. The van der Waals surface area contributed by atoms with Gasteiger partial charge in [0.25, 0.3) is 0 Å². The normalized spacial score (nSPS) is 22.1. The third kappa shape index (κ3) is 3.09. The Balaban J connectivity index is 1.94. The number of nitrogens with zero attached hydrogens (tertiary/aromatic N) is 2. The zero-order chi connectivity index (χ0) is 14.7. The van der Waals surface area contributed by atoms with E-state index in [4.69, 9.17) is 5.73 Å². The van der Waals surface area contributed by atoms with E-state index in [9.17, 15) is 0 Å². The highest BCUT2D eigenvalue weighted by Gasteiger charge is 2.23. The molecule has 3 rings (SSSR count). The minimum Gasteiger partial charge on any atom is -0.329 e. The molecule has 2 heterocycles. The van der Waals surface area contributed by atoms with Crippen molar-refractivity contribution in [3.63, 3.8) is 0 Å². The van der Waals surface area contributed by atoms with Gasteiger partial charge in [-0.25, -0.2) is 0 Å². The van der Waals surface area contributed by atoms with Crippen LogP contribution in [0.5, 0.6) is 0 Å². The van der Waals surface area contributed by atoms with Gasteiger partial charge in [0, 0.05) is 24.2 Å². The van der Waals surface area contributed by atoms with Crippen LogP contribution >= 0.6 is 0 Å². The van der Waals surface area contributed by atoms with Gasteiger partial charge in [-0.2, -0.15) is 0 Å². The quantitative estimate of drug-likeness (QED) is 0.939. The maximum absolute atomic E-state index is 6.14. The first-order chi connectivity index (χ1) is 10.3. The molecule has 0 saturated carbocycles. The van der Waals surface area contributed by atoms with Gasteiger partial charge in [-0.15, -0.1) is 0 Å². The van der Waals surface area contributed by atoms with Crippen LogP contribution in [0.25, 0.3) is 10.9 Å². The Hall–Kier alpha value is -1.45. The van der Waals surface area contributed by atoms with Gasteiger partial charge in [0.05, 0.1) is 5.52 Å². The highest BCUT2D eigenvalue weighted by molar-refractivity contribution is 5.82. The van der Waals surface area contributed by atoms with Gasteiger partial charge in [0.15, 0.2) is 0 Å². The molecular formula is C18H25N3. The molecule has 2 atom stereocenters. The number of aromatic nitrogens is 1. The van der Waals surface area contributed by atoms with Crippen molar-refractivity contribution in [2.45, 2.75) is 32.2 Å². The molecule has 0 aliphatic carbocycles. The molecule has 0 amide bonds. The molecule has 1 aromatic heterocycles. The Morgan fingerprint density at radius 2 is 2.10 bits per heavy atom. The number of pyridine rings is 1. The molecule has 1 aromatic carbocycles. The second-order valence-corrected chi connectivity index (χ2v) is 6.25. The Kier molecular flexibility index (Phi) is 4.51. The van der Waals surface area contributed by atoms with Crippen molar-refractivity contribution in [1.29, 1.82) is 0 Å². The molecular weight excluding hydrogens is 258 g/mol. The lowest BCUT2D eigenvalue weighted by atomic mass is 10.0. The van der Waals surface area contributed by atoms with Crippen molar-refractivity contribution in [1.82, 2.24) is 9.88 Å². The maximum Gasteiger partial charge on any atom is 0.0750 e. The van der Waals surface area contributed by atoms with E-state index >= 15 is 0 Å². The van der Waals surface area contributed by atoms with Crippen LogP contribution in [0.4, 0.5) is 0 Å². The number of likely N-dealkylation sites (tertiary alicyclic amines) is 1. The van der Waals surface area contributed by atoms with E-state index in [2.05, 4.69) is 41.1 Å². The fourth-order valence-electron chi connectivity index (χ4n) is 3.47.